The van der Waals surface area contributed by atoms with Gasteiger partial charge in [-0.05, 0) is 33.0 Å². The van der Waals surface area contributed by atoms with Crippen LogP contribution in [0, 0.1) is 0 Å². The fraction of sp³-hybridized carbons (Fsp3) is 0.526. The Kier molecular flexibility index (Phi) is 5.60. The molecule has 0 amide bonds. The molecule has 1 aliphatic rings. The van der Waals surface area contributed by atoms with Gasteiger partial charge in [0, 0.05) is 49.1 Å². The molecule has 1 aromatic heterocycles. The number of hydrogen-bond donors (Lipinski definition) is 1. The molecule has 2 unspecified atom stereocenters. The van der Waals surface area contributed by atoms with Gasteiger partial charge in [-0.3, -0.25) is 4.68 Å². The van der Waals surface area contributed by atoms with Crippen molar-refractivity contribution >= 4 is 0 Å². The number of nitrogens with zero attached hydrogens (tertiary/aromatic N) is 3. The van der Waals surface area contributed by atoms with Gasteiger partial charge in [-0.2, -0.15) is 5.10 Å². The predicted octanol–water partition coefficient (Wildman–Crippen LogP) is 2.53. The third kappa shape index (κ3) is 4.14. The van der Waals surface area contributed by atoms with E-state index in [1.165, 1.54) is 11.1 Å². The molecule has 6 nitrogen and oxygen atoms in total. The van der Waals surface area contributed by atoms with Crippen LogP contribution in [0.2, 0.25) is 0 Å². The average Bonchev–Trinajstić information content (AvgIpc) is 2.91. The van der Waals surface area contributed by atoms with Crippen LogP contribution in [0.1, 0.15) is 36.1 Å². The number of ether oxygens (including phenoxy) is 2. The van der Waals surface area contributed by atoms with Gasteiger partial charge in [0.25, 0.3) is 0 Å². The van der Waals surface area contributed by atoms with Crippen LogP contribution in [0.15, 0.2) is 30.6 Å². The van der Waals surface area contributed by atoms with Crippen LogP contribution in [0.25, 0.3) is 0 Å². The Morgan fingerprint density at radius 1 is 1.44 bits per heavy atom. The number of methoxy groups -OCH3 is 1. The molecule has 6 heteroatoms. The van der Waals surface area contributed by atoms with Crippen LogP contribution in [0.5, 0.6) is 11.5 Å². The van der Waals surface area contributed by atoms with Crippen LogP contribution in [0.3, 0.4) is 0 Å². The van der Waals surface area contributed by atoms with Crippen molar-refractivity contribution in [2.45, 2.75) is 24.9 Å². The van der Waals surface area contributed by atoms with Crippen LogP contribution < -0.4 is 14.8 Å². The predicted molar refractivity (Wildman–Crippen MR) is 98.1 cm³/mol. The molecule has 2 atom stereocenters. The summed E-state index contributed by atoms with van der Waals surface area (Å²) in [5.74, 6) is 1.76. The SMILES string of the molecule is COc1ccc2c(c1)OCCCC2NCC(c1cnn(C)c1)N(C)C. The van der Waals surface area contributed by atoms with E-state index in [1.807, 2.05) is 30.1 Å². The Morgan fingerprint density at radius 3 is 2.96 bits per heavy atom. The maximum absolute atomic E-state index is 5.92. The first kappa shape index (κ1) is 17.8. The van der Waals surface area contributed by atoms with Crippen molar-refractivity contribution in [3.8, 4) is 11.5 Å². The summed E-state index contributed by atoms with van der Waals surface area (Å²) in [4.78, 5) is 2.23. The average molecular weight is 344 g/mol. The Hall–Kier alpha value is -2.05. The number of aryl methyl sites for hydroxylation is 1. The molecule has 136 valence electrons. The second kappa shape index (κ2) is 7.89. The van der Waals surface area contributed by atoms with Crippen molar-refractivity contribution in [2.24, 2.45) is 7.05 Å². The van der Waals surface area contributed by atoms with Crippen molar-refractivity contribution in [3.63, 3.8) is 0 Å². The fourth-order valence-corrected chi connectivity index (χ4v) is 3.36. The lowest BCUT2D eigenvalue weighted by molar-refractivity contribution is 0.276. The minimum atomic E-state index is 0.277. The second-order valence-corrected chi connectivity index (χ2v) is 6.78. The molecule has 0 spiro atoms. The van der Waals surface area contributed by atoms with Gasteiger partial charge in [-0.15, -0.1) is 0 Å². The molecule has 3 rings (SSSR count). The molecule has 0 saturated heterocycles. The Balaban J connectivity index is 1.75. The van der Waals surface area contributed by atoms with Crippen molar-refractivity contribution < 1.29 is 9.47 Å². The third-order valence-electron chi connectivity index (χ3n) is 4.78. The number of fused-ring (bicyclic) bond motifs is 1. The molecule has 2 heterocycles. The summed E-state index contributed by atoms with van der Waals surface area (Å²) in [7, 11) is 7.85. The molecule has 1 N–H and O–H groups in total. The van der Waals surface area contributed by atoms with Crippen molar-refractivity contribution in [1.82, 2.24) is 20.0 Å². The Labute approximate surface area is 149 Å². The lowest BCUT2D eigenvalue weighted by Gasteiger charge is -2.27. The highest BCUT2D eigenvalue weighted by Crippen LogP contribution is 2.34. The fourth-order valence-electron chi connectivity index (χ4n) is 3.36. The van der Waals surface area contributed by atoms with E-state index < -0.39 is 0 Å². The first-order chi connectivity index (χ1) is 12.1. The van der Waals surface area contributed by atoms with E-state index in [0.29, 0.717) is 0 Å². The first-order valence-electron chi connectivity index (χ1n) is 8.77. The highest BCUT2D eigenvalue weighted by Gasteiger charge is 2.23. The number of benzene rings is 1. The van der Waals surface area contributed by atoms with Crippen LogP contribution in [-0.2, 0) is 7.05 Å². The molecular formula is C19H28N4O2. The topological polar surface area (TPSA) is 51.6 Å². The number of hydrogen-bond acceptors (Lipinski definition) is 5. The van der Waals surface area contributed by atoms with Gasteiger partial charge >= 0.3 is 0 Å². The van der Waals surface area contributed by atoms with Gasteiger partial charge < -0.3 is 19.7 Å². The molecular weight excluding hydrogens is 316 g/mol. The maximum atomic E-state index is 5.92. The van der Waals surface area contributed by atoms with Crippen LogP contribution in [0.4, 0.5) is 0 Å². The highest BCUT2D eigenvalue weighted by atomic mass is 16.5. The summed E-state index contributed by atoms with van der Waals surface area (Å²) in [6, 6.07) is 6.67. The van der Waals surface area contributed by atoms with Gasteiger partial charge in [-0.1, -0.05) is 6.07 Å². The molecule has 1 aromatic carbocycles. The zero-order valence-corrected chi connectivity index (χ0v) is 15.5. The standard InChI is InChI=1S/C19H28N4O2/c1-22(2)18(14-11-21-23(3)13-14)12-20-17-6-5-9-25-19-10-15(24-4)7-8-16(17)19/h7-8,10-11,13,17-18,20H,5-6,9,12H2,1-4H3. The Bertz CT molecular complexity index is 698. The van der Waals surface area contributed by atoms with Crippen molar-refractivity contribution in [3.05, 3.63) is 41.7 Å². The summed E-state index contributed by atoms with van der Waals surface area (Å²) >= 11 is 0. The smallest absolute Gasteiger partial charge is 0.127 e. The monoisotopic (exact) mass is 344 g/mol. The van der Waals surface area contributed by atoms with E-state index in [9.17, 15) is 0 Å². The van der Waals surface area contributed by atoms with E-state index in [2.05, 4.69) is 41.7 Å². The van der Waals surface area contributed by atoms with Crippen LogP contribution >= 0.6 is 0 Å². The van der Waals surface area contributed by atoms with Gasteiger partial charge in [0.15, 0.2) is 0 Å². The lowest BCUT2D eigenvalue weighted by atomic mass is 10.0. The van der Waals surface area contributed by atoms with Gasteiger partial charge in [0.1, 0.15) is 11.5 Å². The number of aromatic nitrogens is 2. The van der Waals surface area contributed by atoms with Gasteiger partial charge in [0.05, 0.1) is 19.9 Å². The summed E-state index contributed by atoms with van der Waals surface area (Å²) in [6.45, 7) is 1.60. The van der Waals surface area contributed by atoms with Gasteiger partial charge in [0.2, 0.25) is 0 Å². The normalized spacial score (nSPS) is 18.4. The first-order valence-corrected chi connectivity index (χ1v) is 8.77. The minimum absolute atomic E-state index is 0.277. The summed E-state index contributed by atoms with van der Waals surface area (Å²) in [6.07, 6.45) is 6.13. The molecule has 0 fully saturated rings. The largest absolute Gasteiger partial charge is 0.497 e. The summed E-state index contributed by atoms with van der Waals surface area (Å²) in [5, 5.41) is 8.06. The molecule has 1 aliphatic heterocycles. The zero-order valence-electron chi connectivity index (χ0n) is 15.5. The molecule has 0 saturated carbocycles. The van der Waals surface area contributed by atoms with E-state index in [4.69, 9.17) is 9.47 Å². The number of rotatable bonds is 6. The Morgan fingerprint density at radius 2 is 2.28 bits per heavy atom. The molecule has 2 aromatic rings. The van der Waals surface area contributed by atoms with E-state index in [0.717, 1.165) is 37.5 Å². The van der Waals surface area contributed by atoms with E-state index >= 15 is 0 Å². The highest BCUT2D eigenvalue weighted by molar-refractivity contribution is 5.43. The number of nitrogens with one attached hydrogen (secondary N) is 1. The summed E-state index contributed by atoms with van der Waals surface area (Å²) in [5.41, 5.74) is 2.43. The second-order valence-electron chi connectivity index (χ2n) is 6.78. The lowest BCUT2D eigenvalue weighted by Crippen LogP contribution is -2.33. The van der Waals surface area contributed by atoms with Gasteiger partial charge in [-0.25, -0.2) is 0 Å². The molecule has 0 aliphatic carbocycles. The maximum Gasteiger partial charge on any atom is 0.127 e. The van der Waals surface area contributed by atoms with Crippen molar-refractivity contribution in [1.29, 1.82) is 0 Å². The minimum Gasteiger partial charge on any atom is -0.497 e. The quantitative estimate of drug-likeness (QED) is 0.873. The molecule has 0 bridgehead atoms. The van der Waals surface area contributed by atoms with E-state index in [-0.39, 0.29) is 12.1 Å². The number of likely N-dealkylation sites (N-methyl/N-ethyl adjacent to an activating group) is 1. The molecule has 0 radical (unpaired) electrons. The molecule has 25 heavy (non-hydrogen) atoms. The summed E-state index contributed by atoms with van der Waals surface area (Å²) < 4.78 is 13.1. The zero-order chi connectivity index (χ0) is 17.8. The van der Waals surface area contributed by atoms with E-state index in [1.54, 1.807) is 7.11 Å². The van der Waals surface area contributed by atoms with Crippen molar-refractivity contribution in [2.75, 3.05) is 34.4 Å². The third-order valence-corrected chi connectivity index (χ3v) is 4.78. The van der Waals surface area contributed by atoms with Crippen LogP contribution in [-0.4, -0.2) is 49.0 Å².